The van der Waals surface area contributed by atoms with E-state index in [1.807, 2.05) is 0 Å². The number of aromatic nitrogens is 1. The van der Waals surface area contributed by atoms with Crippen LogP contribution < -0.4 is 9.80 Å². The minimum atomic E-state index is 1.11. The maximum Gasteiger partial charge on any atom is 0.0542 e. The lowest BCUT2D eigenvalue weighted by molar-refractivity contribution is 1.18. The molecular weight excluding hydrogens is 739 g/mol. The van der Waals surface area contributed by atoms with Crippen LogP contribution in [-0.4, -0.2) is 4.57 Å². The number of hydrogen-bond acceptors (Lipinski definition) is 2. The maximum absolute atomic E-state index is 2.42. The molecule has 290 valence electrons. The Kier molecular flexibility index (Phi) is 8.94. The summed E-state index contributed by atoms with van der Waals surface area (Å²) in [4.78, 5) is 4.77. The summed E-state index contributed by atoms with van der Waals surface area (Å²) in [5, 5.41) is 7.30. The van der Waals surface area contributed by atoms with Gasteiger partial charge in [-0.3, -0.25) is 0 Å². The number of aryl methyl sites for hydroxylation is 2. The second-order valence-corrected chi connectivity index (χ2v) is 16.0. The van der Waals surface area contributed by atoms with Gasteiger partial charge in [-0.05, 0) is 132 Å². The Hall–Kier alpha value is -7.88. The monoisotopic (exact) mass is 781 g/mol. The SMILES string of the molecule is Cc1ccc(N(c2ccc(-c3ccc(N(c4ccc(C)cc4)c4ccc5c(c4)c4ccccc4n5-c4ccccc4)c4ccccc34)cc2)c2ccc3ccccc3c2)cc1. The van der Waals surface area contributed by atoms with Crippen LogP contribution in [0.2, 0.25) is 0 Å². The van der Waals surface area contributed by atoms with Gasteiger partial charge in [0.05, 0.1) is 16.7 Å². The fourth-order valence-corrected chi connectivity index (χ4v) is 9.05. The molecule has 1 aromatic heterocycles. The molecule has 0 bridgehead atoms. The van der Waals surface area contributed by atoms with Gasteiger partial charge < -0.3 is 14.4 Å². The van der Waals surface area contributed by atoms with E-state index in [4.69, 9.17) is 0 Å². The summed E-state index contributed by atoms with van der Waals surface area (Å²) in [6.45, 7) is 4.29. The highest BCUT2D eigenvalue weighted by atomic mass is 15.1. The second kappa shape index (κ2) is 15.1. The molecule has 0 saturated carbocycles. The number of benzene rings is 10. The molecule has 0 aliphatic carbocycles. The minimum absolute atomic E-state index is 1.11. The van der Waals surface area contributed by atoms with Gasteiger partial charge in [-0.1, -0.05) is 145 Å². The zero-order chi connectivity index (χ0) is 40.9. The van der Waals surface area contributed by atoms with Gasteiger partial charge in [0.1, 0.15) is 0 Å². The third-order valence-corrected chi connectivity index (χ3v) is 12.1. The fourth-order valence-electron chi connectivity index (χ4n) is 9.05. The molecule has 3 heteroatoms. The van der Waals surface area contributed by atoms with E-state index in [2.05, 4.69) is 253 Å². The van der Waals surface area contributed by atoms with Crippen LogP contribution in [0.25, 0.3) is 60.2 Å². The normalized spacial score (nSPS) is 11.4. The molecule has 0 radical (unpaired) electrons. The molecule has 0 amide bonds. The molecule has 10 aromatic carbocycles. The molecule has 11 aromatic rings. The zero-order valence-corrected chi connectivity index (χ0v) is 34.2. The summed E-state index contributed by atoms with van der Waals surface area (Å²) in [6, 6.07) is 81.8. The average molecular weight is 782 g/mol. The Labute approximate surface area is 356 Å². The van der Waals surface area contributed by atoms with Crippen LogP contribution in [0.15, 0.2) is 224 Å². The van der Waals surface area contributed by atoms with Crippen molar-refractivity contribution in [2.45, 2.75) is 13.8 Å². The highest BCUT2D eigenvalue weighted by Gasteiger charge is 2.21. The first kappa shape index (κ1) is 36.2. The quantitative estimate of drug-likeness (QED) is 0.152. The van der Waals surface area contributed by atoms with Crippen LogP contribution in [0.1, 0.15) is 11.1 Å². The molecule has 61 heavy (non-hydrogen) atoms. The number of rotatable bonds is 8. The summed E-state index contributed by atoms with van der Waals surface area (Å²) < 4.78 is 2.38. The molecule has 3 nitrogen and oxygen atoms in total. The molecule has 11 rings (SSSR count). The molecule has 0 unspecified atom stereocenters. The molecular formula is C58H43N3. The average Bonchev–Trinajstić information content (AvgIpc) is 3.65. The van der Waals surface area contributed by atoms with Crippen LogP contribution in [0.4, 0.5) is 34.1 Å². The van der Waals surface area contributed by atoms with Crippen LogP contribution in [0.5, 0.6) is 0 Å². The van der Waals surface area contributed by atoms with Crippen molar-refractivity contribution in [2.24, 2.45) is 0 Å². The Bertz CT molecular complexity index is 3360. The number of hydrogen-bond donors (Lipinski definition) is 0. The number of para-hydroxylation sites is 2. The first-order valence-electron chi connectivity index (χ1n) is 21.0. The van der Waals surface area contributed by atoms with Crippen LogP contribution >= 0.6 is 0 Å². The summed E-state index contributed by atoms with van der Waals surface area (Å²) in [5.41, 5.74) is 15.1. The van der Waals surface area contributed by atoms with Gasteiger partial charge in [-0.2, -0.15) is 0 Å². The molecule has 0 fully saturated rings. The minimum Gasteiger partial charge on any atom is -0.310 e. The van der Waals surface area contributed by atoms with Crippen molar-refractivity contribution in [3.63, 3.8) is 0 Å². The lowest BCUT2D eigenvalue weighted by Crippen LogP contribution is -2.11. The lowest BCUT2D eigenvalue weighted by Gasteiger charge is -2.28. The Morgan fingerprint density at radius 1 is 0.328 bits per heavy atom. The summed E-state index contributed by atoms with van der Waals surface area (Å²) in [5.74, 6) is 0. The van der Waals surface area contributed by atoms with Gasteiger partial charge in [-0.25, -0.2) is 0 Å². The van der Waals surface area contributed by atoms with Crippen molar-refractivity contribution in [1.82, 2.24) is 4.57 Å². The van der Waals surface area contributed by atoms with Crippen molar-refractivity contribution < 1.29 is 0 Å². The largest absolute Gasteiger partial charge is 0.310 e. The van der Waals surface area contributed by atoms with Gasteiger partial charge in [0.15, 0.2) is 0 Å². The van der Waals surface area contributed by atoms with Crippen LogP contribution in [0.3, 0.4) is 0 Å². The van der Waals surface area contributed by atoms with E-state index in [9.17, 15) is 0 Å². The van der Waals surface area contributed by atoms with Gasteiger partial charge in [0.2, 0.25) is 0 Å². The van der Waals surface area contributed by atoms with Crippen molar-refractivity contribution in [3.8, 4) is 16.8 Å². The van der Waals surface area contributed by atoms with E-state index >= 15 is 0 Å². The highest BCUT2D eigenvalue weighted by Crippen LogP contribution is 2.45. The van der Waals surface area contributed by atoms with E-state index < -0.39 is 0 Å². The Balaban J connectivity index is 1.03. The molecule has 1 heterocycles. The molecule has 0 spiro atoms. The number of anilines is 6. The lowest BCUT2D eigenvalue weighted by atomic mass is 9.96. The van der Waals surface area contributed by atoms with Crippen molar-refractivity contribution in [2.75, 3.05) is 9.80 Å². The molecule has 0 N–H and O–H groups in total. The van der Waals surface area contributed by atoms with E-state index in [0.717, 1.165) is 39.8 Å². The Morgan fingerprint density at radius 2 is 0.852 bits per heavy atom. The molecule has 0 saturated heterocycles. The number of fused-ring (bicyclic) bond motifs is 5. The topological polar surface area (TPSA) is 11.4 Å². The van der Waals surface area contributed by atoms with Gasteiger partial charge in [0.25, 0.3) is 0 Å². The zero-order valence-electron chi connectivity index (χ0n) is 34.2. The van der Waals surface area contributed by atoms with E-state index in [0.29, 0.717) is 0 Å². The standard InChI is InChI=1S/C58H43N3/c1-40-20-27-46(28-21-40)59(49-33-24-42-12-6-7-13-44(42)38-49)47-31-25-43(26-32-47)51-35-37-57(53-17-9-8-16-52(51)53)60(48-29-22-41(2)23-30-48)50-34-36-58-55(39-50)54-18-10-11-19-56(54)61(58)45-14-4-3-5-15-45/h3-39H,1-2H3. The third-order valence-electron chi connectivity index (χ3n) is 12.1. The predicted molar refractivity (Wildman–Crippen MR) is 260 cm³/mol. The summed E-state index contributed by atoms with van der Waals surface area (Å²) >= 11 is 0. The second-order valence-electron chi connectivity index (χ2n) is 16.0. The maximum atomic E-state index is 2.42. The van der Waals surface area contributed by atoms with E-state index in [-0.39, 0.29) is 0 Å². The van der Waals surface area contributed by atoms with E-state index in [1.54, 1.807) is 0 Å². The first-order chi connectivity index (χ1) is 30.1. The number of nitrogens with zero attached hydrogens (tertiary/aromatic N) is 3. The summed E-state index contributed by atoms with van der Waals surface area (Å²) in [6.07, 6.45) is 0. The van der Waals surface area contributed by atoms with E-state index in [1.165, 1.54) is 65.6 Å². The predicted octanol–water partition coefficient (Wildman–Crippen LogP) is 16.3. The highest BCUT2D eigenvalue weighted by molar-refractivity contribution is 6.12. The third kappa shape index (κ3) is 6.48. The molecule has 0 atom stereocenters. The molecule has 0 aliphatic heterocycles. The Morgan fingerprint density at radius 3 is 1.57 bits per heavy atom. The van der Waals surface area contributed by atoms with Crippen LogP contribution in [-0.2, 0) is 0 Å². The van der Waals surface area contributed by atoms with Crippen LogP contribution in [0, 0.1) is 13.8 Å². The fraction of sp³-hybridized carbons (Fsp3) is 0.0345. The molecule has 0 aliphatic rings. The van der Waals surface area contributed by atoms with Crippen molar-refractivity contribution in [3.05, 3.63) is 236 Å². The van der Waals surface area contributed by atoms with Crippen molar-refractivity contribution in [1.29, 1.82) is 0 Å². The van der Waals surface area contributed by atoms with Gasteiger partial charge in [0, 0.05) is 50.3 Å². The van der Waals surface area contributed by atoms with Crippen molar-refractivity contribution >= 4 is 77.5 Å². The smallest absolute Gasteiger partial charge is 0.0542 e. The van der Waals surface area contributed by atoms with Gasteiger partial charge in [-0.15, -0.1) is 0 Å². The van der Waals surface area contributed by atoms with Gasteiger partial charge >= 0.3 is 0 Å². The first-order valence-corrected chi connectivity index (χ1v) is 21.0. The summed E-state index contributed by atoms with van der Waals surface area (Å²) in [7, 11) is 0.